The maximum absolute atomic E-state index is 6.06. The van der Waals surface area contributed by atoms with Gasteiger partial charge in [-0.25, -0.2) is 0 Å². The van der Waals surface area contributed by atoms with Crippen LogP contribution in [-0.2, 0) is 0 Å². The summed E-state index contributed by atoms with van der Waals surface area (Å²) in [6.07, 6.45) is 5.49. The van der Waals surface area contributed by atoms with Crippen molar-refractivity contribution < 1.29 is 4.42 Å². The van der Waals surface area contributed by atoms with Crippen molar-refractivity contribution in [2.75, 3.05) is 14.1 Å². The van der Waals surface area contributed by atoms with Crippen molar-refractivity contribution in [2.45, 2.75) is 26.3 Å². The molecule has 0 radical (unpaired) electrons. The number of fused-ring (bicyclic) bond motifs is 1. The average molecular weight is 357 g/mol. The van der Waals surface area contributed by atoms with Crippen molar-refractivity contribution in [1.29, 1.82) is 0 Å². The highest BCUT2D eigenvalue weighted by Crippen LogP contribution is 2.38. The molecule has 2 heteroatoms. The molecule has 138 valence electrons. The van der Waals surface area contributed by atoms with Crippen molar-refractivity contribution in [1.82, 2.24) is 4.90 Å². The summed E-state index contributed by atoms with van der Waals surface area (Å²) in [6, 6.07) is 19.8. The van der Waals surface area contributed by atoms with Crippen molar-refractivity contribution >= 4 is 22.1 Å². The molecule has 4 rings (SSSR count). The van der Waals surface area contributed by atoms with Crippen LogP contribution in [0.4, 0.5) is 0 Å². The number of hydrogen-bond acceptors (Lipinski definition) is 2. The van der Waals surface area contributed by atoms with Crippen LogP contribution in [0.1, 0.15) is 43.2 Å². The van der Waals surface area contributed by atoms with Crippen LogP contribution >= 0.6 is 0 Å². The van der Waals surface area contributed by atoms with Crippen molar-refractivity contribution in [3.8, 4) is 0 Å². The SMILES string of the molecule is CC1CC(c2cc3ccccc3o2)=CC=C1c1ccc(C(C)N(C)C)cc1. The quantitative estimate of drug-likeness (QED) is 0.525. The van der Waals surface area contributed by atoms with Crippen molar-refractivity contribution in [3.05, 3.63) is 83.6 Å². The lowest BCUT2D eigenvalue weighted by Crippen LogP contribution is -2.16. The van der Waals surface area contributed by atoms with Gasteiger partial charge in [0.25, 0.3) is 0 Å². The molecule has 1 aliphatic rings. The summed E-state index contributed by atoms with van der Waals surface area (Å²) < 4.78 is 6.06. The van der Waals surface area contributed by atoms with E-state index in [2.05, 4.69) is 87.5 Å². The smallest absolute Gasteiger partial charge is 0.134 e. The number of benzene rings is 2. The fraction of sp³-hybridized carbons (Fsp3) is 0.280. The van der Waals surface area contributed by atoms with Gasteiger partial charge in [0.1, 0.15) is 11.3 Å². The predicted molar refractivity (Wildman–Crippen MR) is 114 cm³/mol. The molecule has 1 aromatic heterocycles. The molecule has 2 atom stereocenters. The van der Waals surface area contributed by atoms with Crippen LogP contribution in [0.25, 0.3) is 22.1 Å². The van der Waals surface area contributed by atoms with Crippen LogP contribution in [0, 0.1) is 5.92 Å². The van der Waals surface area contributed by atoms with Gasteiger partial charge >= 0.3 is 0 Å². The first-order valence-corrected chi connectivity index (χ1v) is 9.69. The highest BCUT2D eigenvalue weighted by Gasteiger charge is 2.20. The Morgan fingerprint density at radius 1 is 1.00 bits per heavy atom. The minimum Gasteiger partial charge on any atom is -0.456 e. The fourth-order valence-corrected chi connectivity index (χ4v) is 3.82. The maximum Gasteiger partial charge on any atom is 0.134 e. The second kappa shape index (κ2) is 7.21. The Bertz CT molecular complexity index is 971. The van der Waals surface area contributed by atoms with Gasteiger partial charge in [0, 0.05) is 11.4 Å². The summed E-state index contributed by atoms with van der Waals surface area (Å²) in [5.41, 5.74) is 6.31. The summed E-state index contributed by atoms with van der Waals surface area (Å²) in [5.74, 6) is 1.46. The molecule has 3 aromatic rings. The van der Waals surface area contributed by atoms with Crippen LogP contribution in [-0.4, -0.2) is 19.0 Å². The zero-order valence-corrected chi connectivity index (χ0v) is 16.6. The molecular formula is C25H27NO. The van der Waals surface area contributed by atoms with Gasteiger partial charge in [-0.1, -0.05) is 61.5 Å². The van der Waals surface area contributed by atoms with Crippen molar-refractivity contribution in [3.63, 3.8) is 0 Å². The van der Waals surface area contributed by atoms with Gasteiger partial charge in [-0.2, -0.15) is 0 Å². The van der Waals surface area contributed by atoms with Crippen LogP contribution < -0.4 is 0 Å². The minimum atomic E-state index is 0.427. The summed E-state index contributed by atoms with van der Waals surface area (Å²) in [7, 11) is 4.24. The Balaban J connectivity index is 1.61. The van der Waals surface area contributed by atoms with E-state index >= 15 is 0 Å². The molecular weight excluding hydrogens is 330 g/mol. The Kier molecular flexibility index (Phi) is 4.75. The number of furan rings is 1. The van der Waals surface area contributed by atoms with E-state index in [0.717, 1.165) is 17.8 Å². The summed E-state index contributed by atoms with van der Waals surface area (Å²) in [6.45, 7) is 4.54. The third-order valence-electron chi connectivity index (χ3n) is 5.76. The van der Waals surface area contributed by atoms with Gasteiger partial charge in [0.05, 0.1) is 0 Å². The van der Waals surface area contributed by atoms with Gasteiger partial charge in [-0.15, -0.1) is 0 Å². The molecule has 1 heterocycles. The molecule has 0 spiro atoms. The highest BCUT2D eigenvalue weighted by atomic mass is 16.3. The number of hydrogen-bond donors (Lipinski definition) is 0. The maximum atomic E-state index is 6.06. The molecule has 0 N–H and O–H groups in total. The first kappa shape index (κ1) is 17.8. The average Bonchev–Trinajstić information content (AvgIpc) is 3.12. The highest BCUT2D eigenvalue weighted by molar-refractivity contribution is 5.84. The van der Waals surface area contributed by atoms with E-state index in [1.807, 2.05) is 12.1 Å². The standard InChI is InChI=1S/C25H27NO/c1-17-15-22(25-16-21-7-5-6-8-24(21)27-25)13-14-23(17)20-11-9-19(10-12-20)18(2)26(3)4/h5-14,16-18H,15H2,1-4H3. The minimum absolute atomic E-state index is 0.427. The number of nitrogens with zero attached hydrogens (tertiary/aromatic N) is 1. The van der Waals surface area contributed by atoms with Crippen LogP contribution in [0.15, 0.2) is 71.2 Å². The van der Waals surface area contributed by atoms with E-state index in [-0.39, 0.29) is 0 Å². The fourth-order valence-electron chi connectivity index (χ4n) is 3.82. The van der Waals surface area contributed by atoms with Crippen LogP contribution in [0.2, 0.25) is 0 Å². The summed E-state index contributed by atoms with van der Waals surface area (Å²) in [5, 5.41) is 1.17. The van der Waals surface area contributed by atoms with E-state index in [1.54, 1.807) is 0 Å². The largest absolute Gasteiger partial charge is 0.456 e. The molecule has 0 saturated heterocycles. The Morgan fingerprint density at radius 2 is 1.74 bits per heavy atom. The molecule has 0 fully saturated rings. The zero-order valence-electron chi connectivity index (χ0n) is 16.6. The van der Waals surface area contributed by atoms with Gasteiger partial charge in [-0.3, -0.25) is 0 Å². The van der Waals surface area contributed by atoms with E-state index in [1.165, 1.54) is 27.7 Å². The van der Waals surface area contributed by atoms with Crippen LogP contribution in [0.3, 0.4) is 0 Å². The third-order valence-corrected chi connectivity index (χ3v) is 5.76. The molecule has 0 saturated carbocycles. The molecule has 27 heavy (non-hydrogen) atoms. The summed E-state index contributed by atoms with van der Waals surface area (Å²) >= 11 is 0. The predicted octanol–water partition coefficient (Wildman–Crippen LogP) is 6.56. The van der Waals surface area contributed by atoms with E-state index < -0.39 is 0 Å². The number of allylic oxidation sites excluding steroid dienone is 4. The monoisotopic (exact) mass is 357 g/mol. The Labute approximate surface area is 161 Å². The lowest BCUT2D eigenvalue weighted by molar-refractivity contribution is 0.321. The van der Waals surface area contributed by atoms with Crippen LogP contribution in [0.5, 0.6) is 0 Å². The Hall–Kier alpha value is -2.58. The van der Waals surface area contributed by atoms with Gasteiger partial charge in [-0.05, 0) is 67.8 Å². The molecule has 0 aliphatic heterocycles. The molecule has 0 amide bonds. The lowest BCUT2D eigenvalue weighted by atomic mass is 9.83. The molecule has 2 unspecified atom stereocenters. The van der Waals surface area contributed by atoms with E-state index in [4.69, 9.17) is 4.42 Å². The molecule has 2 nitrogen and oxygen atoms in total. The van der Waals surface area contributed by atoms with Gasteiger partial charge < -0.3 is 9.32 Å². The zero-order chi connectivity index (χ0) is 19.0. The lowest BCUT2D eigenvalue weighted by Gasteiger charge is -2.23. The van der Waals surface area contributed by atoms with Gasteiger partial charge in [0.2, 0.25) is 0 Å². The topological polar surface area (TPSA) is 16.4 Å². The molecule has 2 aromatic carbocycles. The molecule has 1 aliphatic carbocycles. The number of para-hydroxylation sites is 1. The van der Waals surface area contributed by atoms with Gasteiger partial charge in [0.15, 0.2) is 0 Å². The second-order valence-corrected chi connectivity index (χ2v) is 7.83. The van der Waals surface area contributed by atoms with Crippen molar-refractivity contribution in [2.24, 2.45) is 5.92 Å². The second-order valence-electron chi connectivity index (χ2n) is 7.83. The van der Waals surface area contributed by atoms with E-state index in [9.17, 15) is 0 Å². The summed E-state index contributed by atoms with van der Waals surface area (Å²) in [4.78, 5) is 2.24. The number of rotatable bonds is 4. The van der Waals surface area contributed by atoms with E-state index in [0.29, 0.717) is 12.0 Å². The molecule has 0 bridgehead atoms. The normalized spacial score (nSPS) is 18.5. The Morgan fingerprint density at radius 3 is 2.41 bits per heavy atom. The third kappa shape index (κ3) is 3.50. The first-order valence-electron chi connectivity index (χ1n) is 9.69. The first-order chi connectivity index (χ1) is 13.0.